The number of carbonyl (C=O) groups is 1. The van der Waals surface area contributed by atoms with Crippen LogP contribution in [0.3, 0.4) is 0 Å². The van der Waals surface area contributed by atoms with E-state index in [0.29, 0.717) is 42.2 Å². The molecule has 146 valence electrons. The Balaban J connectivity index is 1.64. The lowest BCUT2D eigenvalue weighted by Crippen LogP contribution is -2.31. The van der Waals surface area contributed by atoms with Gasteiger partial charge in [0, 0.05) is 18.7 Å². The van der Waals surface area contributed by atoms with E-state index >= 15 is 0 Å². The summed E-state index contributed by atoms with van der Waals surface area (Å²) >= 11 is 0. The second kappa shape index (κ2) is 7.59. The average molecular weight is 380 g/mol. The maximum atomic E-state index is 13.4. The minimum atomic E-state index is -0.575. The molecule has 28 heavy (non-hydrogen) atoms. The number of aryl methyl sites for hydroxylation is 2. The quantitative estimate of drug-likeness (QED) is 0.750. The predicted molar refractivity (Wildman–Crippen MR) is 104 cm³/mol. The zero-order valence-electron chi connectivity index (χ0n) is 16.1. The van der Waals surface area contributed by atoms with Crippen molar-refractivity contribution in [3.63, 3.8) is 0 Å². The Morgan fingerprint density at radius 3 is 2.82 bits per heavy atom. The van der Waals surface area contributed by atoms with E-state index < -0.39 is 6.10 Å². The number of nitrogens with zero attached hydrogens (tertiary/aromatic N) is 4. The van der Waals surface area contributed by atoms with Crippen molar-refractivity contribution >= 4 is 5.91 Å². The summed E-state index contributed by atoms with van der Waals surface area (Å²) in [6.07, 6.45) is 0.834. The molecule has 7 nitrogen and oxygen atoms in total. The Labute approximate surface area is 163 Å². The van der Waals surface area contributed by atoms with Gasteiger partial charge >= 0.3 is 0 Å². The van der Waals surface area contributed by atoms with Crippen LogP contribution in [0.5, 0.6) is 0 Å². The fourth-order valence-corrected chi connectivity index (χ4v) is 3.61. The van der Waals surface area contributed by atoms with Crippen LogP contribution in [-0.4, -0.2) is 37.4 Å². The molecule has 0 saturated carbocycles. The van der Waals surface area contributed by atoms with E-state index in [2.05, 4.69) is 10.3 Å². The molecule has 0 saturated heterocycles. The van der Waals surface area contributed by atoms with Gasteiger partial charge in [-0.1, -0.05) is 42.4 Å². The van der Waals surface area contributed by atoms with E-state index in [1.165, 1.54) is 0 Å². The zero-order valence-corrected chi connectivity index (χ0v) is 16.1. The Bertz CT molecular complexity index is 977. The van der Waals surface area contributed by atoms with Gasteiger partial charge in [0.05, 0.1) is 24.0 Å². The van der Waals surface area contributed by atoms with E-state index in [-0.39, 0.29) is 5.91 Å². The SMILES string of the molecule is CCC(O)c1cc2n(n1)CCCN(C(=O)c1c(-c3ccccc3)noc1C)C2. The standard InChI is InChI=1S/C21H24N4O3/c1-3-18(26)17-12-16-13-24(10-7-11-25(16)22-17)21(27)19-14(2)28-23-20(19)15-8-5-4-6-9-15/h4-6,8-9,12,18,26H,3,7,10-11,13H2,1-2H3. The Hall–Kier alpha value is -2.93. The van der Waals surface area contributed by atoms with Crippen molar-refractivity contribution in [3.05, 3.63) is 59.1 Å². The highest BCUT2D eigenvalue weighted by Crippen LogP contribution is 2.28. The van der Waals surface area contributed by atoms with Gasteiger partial charge in [0.15, 0.2) is 0 Å². The summed E-state index contributed by atoms with van der Waals surface area (Å²) in [5.74, 6) is 0.425. The number of amides is 1. The number of hydrogen-bond donors (Lipinski definition) is 1. The molecule has 1 aromatic carbocycles. The fraction of sp³-hybridized carbons (Fsp3) is 0.381. The van der Waals surface area contributed by atoms with Gasteiger partial charge in [-0.05, 0) is 25.8 Å². The molecular weight excluding hydrogens is 356 g/mol. The smallest absolute Gasteiger partial charge is 0.260 e. The molecule has 1 amide bonds. The molecular formula is C21H24N4O3. The summed E-state index contributed by atoms with van der Waals surface area (Å²) < 4.78 is 7.27. The Kier molecular flexibility index (Phi) is 5.00. The Morgan fingerprint density at radius 1 is 1.29 bits per heavy atom. The summed E-state index contributed by atoms with van der Waals surface area (Å²) in [5, 5.41) is 18.7. The van der Waals surface area contributed by atoms with Crippen LogP contribution in [0.25, 0.3) is 11.3 Å². The normalized spacial score (nSPS) is 15.2. The number of aromatic nitrogens is 3. The molecule has 4 rings (SSSR count). The zero-order chi connectivity index (χ0) is 19.7. The van der Waals surface area contributed by atoms with Crippen LogP contribution in [0.15, 0.2) is 40.9 Å². The van der Waals surface area contributed by atoms with Gasteiger partial charge in [0.25, 0.3) is 5.91 Å². The van der Waals surface area contributed by atoms with Crippen molar-refractivity contribution < 1.29 is 14.4 Å². The summed E-state index contributed by atoms with van der Waals surface area (Å²) in [7, 11) is 0. The molecule has 1 unspecified atom stereocenters. The van der Waals surface area contributed by atoms with Crippen molar-refractivity contribution in [1.29, 1.82) is 0 Å². The predicted octanol–water partition coefficient (Wildman–Crippen LogP) is 3.34. The molecule has 1 atom stereocenters. The Morgan fingerprint density at radius 2 is 2.07 bits per heavy atom. The molecule has 3 aromatic rings. The molecule has 0 fully saturated rings. The van der Waals surface area contributed by atoms with Crippen LogP contribution in [0, 0.1) is 6.92 Å². The highest BCUT2D eigenvalue weighted by Gasteiger charge is 2.28. The van der Waals surface area contributed by atoms with Crippen LogP contribution >= 0.6 is 0 Å². The maximum Gasteiger partial charge on any atom is 0.260 e. The molecule has 2 aromatic heterocycles. The first-order valence-electron chi connectivity index (χ1n) is 9.64. The molecule has 1 aliphatic rings. The minimum absolute atomic E-state index is 0.0927. The topological polar surface area (TPSA) is 84.4 Å². The van der Waals surface area contributed by atoms with Crippen molar-refractivity contribution in [1.82, 2.24) is 19.8 Å². The number of hydrogen-bond acceptors (Lipinski definition) is 5. The molecule has 0 spiro atoms. The van der Waals surface area contributed by atoms with Crippen molar-refractivity contribution in [2.24, 2.45) is 0 Å². The lowest BCUT2D eigenvalue weighted by molar-refractivity contribution is 0.0744. The molecule has 0 aliphatic carbocycles. The lowest BCUT2D eigenvalue weighted by Gasteiger charge is -2.20. The van der Waals surface area contributed by atoms with Crippen LogP contribution < -0.4 is 0 Å². The highest BCUT2D eigenvalue weighted by molar-refractivity contribution is 6.00. The number of rotatable bonds is 4. The van der Waals surface area contributed by atoms with Crippen LogP contribution in [0.4, 0.5) is 0 Å². The van der Waals surface area contributed by atoms with Gasteiger partial charge in [0.1, 0.15) is 17.0 Å². The largest absolute Gasteiger partial charge is 0.387 e. The van der Waals surface area contributed by atoms with Gasteiger partial charge in [-0.2, -0.15) is 5.10 Å². The third-order valence-electron chi connectivity index (χ3n) is 5.17. The second-order valence-electron chi connectivity index (χ2n) is 7.12. The minimum Gasteiger partial charge on any atom is -0.387 e. The monoisotopic (exact) mass is 380 g/mol. The summed E-state index contributed by atoms with van der Waals surface area (Å²) in [6, 6.07) is 11.5. The maximum absolute atomic E-state index is 13.4. The average Bonchev–Trinajstić information content (AvgIpc) is 3.24. The summed E-state index contributed by atoms with van der Waals surface area (Å²) in [6.45, 7) is 5.49. The van der Waals surface area contributed by atoms with E-state index in [9.17, 15) is 9.90 Å². The van der Waals surface area contributed by atoms with E-state index in [4.69, 9.17) is 4.52 Å². The molecule has 1 aliphatic heterocycles. The third-order valence-corrected chi connectivity index (χ3v) is 5.17. The van der Waals surface area contributed by atoms with Crippen LogP contribution in [0.1, 0.15) is 53.4 Å². The van der Waals surface area contributed by atoms with E-state index in [1.54, 1.807) is 6.92 Å². The second-order valence-corrected chi connectivity index (χ2v) is 7.12. The van der Waals surface area contributed by atoms with E-state index in [0.717, 1.165) is 24.2 Å². The first-order chi connectivity index (χ1) is 13.6. The van der Waals surface area contributed by atoms with Crippen molar-refractivity contribution in [2.75, 3.05) is 6.54 Å². The molecule has 0 radical (unpaired) electrons. The van der Waals surface area contributed by atoms with Gasteiger partial charge in [-0.15, -0.1) is 0 Å². The fourth-order valence-electron chi connectivity index (χ4n) is 3.61. The number of aliphatic hydroxyl groups is 1. The third kappa shape index (κ3) is 3.33. The van der Waals surface area contributed by atoms with Gasteiger partial charge in [-0.25, -0.2) is 0 Å². The van der Waals surface area contributed by atoms with Gasteiger partial charge in [-0.3, -0.25) is 9.48 Å². The van der Waals surface area contributed by atoms with Gasteiger partial charge in [0.2, 0.25) is 0 Å². The molecule has 7 heteroatoms. The summed E-state index contributed by atoms with van der Waals surface area (Å²) in [5.41, 5.74) is 3.54. The number of fused-ring (bicyclic) bond motifs is 1. The van der Waals surface area contributed by atoms with Crippen molar-refractivity contribution in [3.8, 4) is 11.3 Å². The molecule has 3 heterocycles. The number of carbonyl (C=O) groups excluding carboxylic acids is 1. The first-order valence-corrected chi connectivity index (χ1v) is 9.64. The highest BCUT2D eigenvalue weighted by atomic mass is 16.5. The van der Waals surface area contributed by atoms with Crippen LogP contribution in [0.2, 0.25) is 0 Å². The first kappa shape index (κ1) is 18.4. The van der Waals surface area contributed by atoms with Gasteiger partial charge < -0.3 is 14.5 Å². The summed E-state index contributed by atoms with van der Waals surface area (Å²) in [4.78, 5) is 15.2. The van der Waals surface area contributed by atoms with Crippen LogP contribution in [-0.2, 0) is 13.1 Å². The number of aliphatic hydroxyl groups excluding tert-OH is 1. The number of benzene rings is 1. The van der Waals surface area contributed by atoms with E-state index in [1.807, 2.05) is 52.9 Å². The molecule has 0 bridgehead atoms. The molecule has 1 N–H and O–H groups in total. The lowest BCUT2D eigenvalue weighted by atomic mass is 10.0. The van der Waals surface area contributed by atoms with Crippen molar-refractivity contribution in [2.45, 2.75) is 45.9 Å².